The van der Waals surface area contributed by atoms with Crippen LogP contribution in [0.1, 0.15) is 20.3 Å². The summed E-state index contributed by atoms with van der Waals surface area (Å²) in [7, 11) is 0. The van der Waals surface area contributed by atoms with E-state index in [1.165, 1.54) is 0 Å². The van der Waals surface area contributed by atoms with Crippen LogP contribution in [-0.2, 0) is 4.74 Å². The highest BCUT2D eigenvalue weighted by molar-refractivity contribution is 4.92. The third-order valence-corrected chi connectivity index (χ3v) is 2.35. The van der Waals surface area contributed by atoms with Gasteiger partial charge in [-0.1, -0.05) is 12.8 Å². The van der Waals surface area contributed by atoms with Crippen LogP contribution in [0.15, 0.2) is 0 Å². The van der Waals surface area contributed by atoms with Crippen molar-refractivity contribution in [2.75, 3.05) is 19.7 Å². The Morgan fingerprint density at radius 1 is 1.67 bits per heavy atom. The summed E-state index contributed by atoms with van der Waals surface area (Å²) in [5.41, 5.74) is 0. The van der Waals surface area contributed by atoms with Gasteiger partial charge in [-0.25, -0.2) is 0 Å². The fraction of sp³-hybridized carbons (Fsp3) is 0.800. The van der Waals surface area contributed by atoms with Crippen molar-refractivity contribution in [2.24, 2.45) is 0 Å². The van der Waals surface area contributed by atoms with Crippen molar-refractivity contribution in [1.29, 1.82) is 0 Å². The minimum absolute atomic E-state index is 0.334. The number of hydrogen-bond donors (Lipinski definition) is 0. The lowest BCUT2D eigenvalue weighted by Crippen LogP contribution is -2.48. The third-order valence-electron chi connectivity index (χ3n) is 2.35. The van der Waals surface area contributed by atoms with E-state index in [1.807, 2.05) is 0 Å². The van der Waals surface area contributed by atoms with Crippen LogP contribution in [-0.4, -0.2) is 36.7 Å². The molecule has 0 saturated carbocycles. The van der Waals surface area contributed by atoms with Gasteiger partial charge >= 0.3 is 0 Å². The largest absolute Gasteiger partial charge is 0.376 e. The van der Waals surface area contributed by atoms with E-state index in [0.29, 0.717) is 12.1 Å². The number of ether oxygens (including phenoxy) is 1. The van der Waals surface area contributed by atoms with Gasteiger partial charge in [-0.05, 0) is 13.3 Å². The van der Waals surface area contributed by atoms with Crippen LogP contribution in [0.2, 0.25) is 0 Å². The molecule has 0 N–H and O–H groups in total. The molecule has 1 saturated heterocycles. The van der Waals surface area contributed by atoms with Crippen LogP contribution in [0, 0.1) is 12.3 Å². The van der Waals surface area contributed by atoms with Crippen molar-refractivity contribution in [1.82, 2.24) is 4.90 Å². The summed E-state index contributed by atoms with van der Waals surface area (Å²) < 4.78 is 5.55. The molecule has 1 rings (SSSR count). The fourth-order valence-electron chi connectivity index (χ4n) is 1.60. The second kappa shape index (κ2) is 4.49. The van der Waals surface area contributed by atoms with E-state index >= 15 is 0 Å². The van der Waals surface area contributed by atoms with Gasteiger partial charge in [0.05, 0.1) is 19.3 Å². The average Bonchev–Trinajstić information content (AvgIpc) is 2.05. The van der Waals surface area contributed by atoms with E-state index in [9.17, 15) is 0 Å². The van der Waals surface area contributed by atoms with E-state index in [-0.39, 0.29) is 0 Å². The Labute approximate surface area is 74.9 Å². The normalized spacial score (nSPS) is 31.4. The van der Waals surface area contributed by atoms with Crippen LogP contribution in [0.4, 0.5) is 0 Å². The first kappa shape index (κ1) is 9.57. The predicted molar refractivity (Wildman–Crippen MR) is 49.9 cm³/mol. The summed E-state index contributed by atoms with van der Waals surface area (Å²) in [6, 6.07) is 0.525. The Kier molecular flexibility index (Phi) is 3.58. The van der Waals surface area contributed by atoms with Gasteiger partial charge in [0, 0.05) is 12.6 Å². The topological polar surface area (TPSA) is 12.5 Å². The van der Waals surface area contributed by atoms with Crippen molar-refractivity contribution >= 4 is 0 Å². The molecule has 0 bridgehead atoms. The van der Waals surface area contributed by atoms with Gasteiger partial charge in [0.2, 0.25) is 0 Å². The van der Waals surface area contributed by atoms with Gasteiger partial charge in [0.25, 0.3) is 0 Å². The third kappa shape index (κ3) is 2.23. The molecule has 2 heteroatoms. The molecule has 0 aliphatic carbocycles. The lowest BCUT2D eigenvalue weighted by atomic mass is 10.1. The summed E-state index contributed by atoms with van der Waals surface area (Å²) in [5, 5.41) is 0. The first-order chi connectivity index (χ1) is 5.77. The molecule has 1 aliphatic heterocycles. The average molecular weight is 167 g/mol. The summed E-state index contributed by atoms with van der Waals surface area (Å²) in [6.45, 7) is 6.83. The van der Waals surface area contributed by atoms with Gasteiger partial charge in [-0.2, -0.15) is 0 Å². The van der Waals surface area contributed by atoms with Gasteiger partial charge in [-0.15, -0.1) is 6.42 Å². The molecule has 1 heterocycles. The molecule has 1 fully saturated rings. The first-order valence-electron chi connectivity index (χ1n) is 4.57. The highest BCUT2D eigenvalue weighted by Crippen LogP contribution is 2.13. The Balaban J connectivity index is 2.47. The quantitative estimate of drug-likeness (QED) is 0.571. The molecule has 0 aromatic carbocycles. The zero-order valence-corrected chi connectivity index (χ0v) is 7.92. The number of rotatable bonds is 2. The smallest absolute Gasteiger partial charge is 0.0675 e. The SMILES string of the molecule is C#CCN1CC(C)OCC1CC. The Bertz CT molecular complexity index is 173. The molecular formula is C10H17NO. The molecule has 2 nitrogen and oxygen atoms in total. The van der Waals surface area contributed by atoms with Crippen molar-refractivity contribution in [2.45, 2.75) is 32.4 Å². The second-order valence-corrected chi connectivity index (χ2v) is 3.34. The van der Waals surface area contributed by atoms with Crippen molar-refractivity contribution in [3.8, 4) is 12.3 Å². The van der Waals surface area contributed by atoms with Crippen molar-refractivity contribution in [3.05, 3.63) is 0 Å². The van der Waals surface area contributed by atoms with Crippen LogP contribution in [0.3, 0.4) is 0 Å². The molecule has 1 aliphatic rings. The zero-order chi connectivity index (χ0) is 8.97. The van der Waals surface area contributed by atoms with Gasteiger partial charge in [0.15, 0.2) is 0 Å². The summed E-state index contributed by atoms with van der Waals surface area (Å²) in [6.07, 6.45) is 6.74. The molecule has 2 unspecified atom stereocenters. The van der Waals surface area contributed by atoms with E-state index in [4.69, 9.17) is 11.2 Å². The number of morpholine rings is 1. The standard InChI is InChI=1S/C10H17NO/c1-4-6-11-7-9(3)12-8-10(11)5-2/h1,9-10H,5-8H2,2-3H3. The maximum atomic E-state index is 5.55. The van der Waals surface area contributed by atoms with Crippen LogP contribution >= 0.6 is 0 Å². The molecule has 0 radical (unpaired) electrons. The Morgan fingerprint density at radius 2 is 2.42 bits per heavy atom. The first-order valence-corrected chi connectivity index (χ1v) is 4.57. The van der Waals surface area contributed by atoms with E-state index in [1.54, 1.807) is 0 Å². The molecular weight excluding hydrogens is 150 g/mol. The van der Waals surface area contributed by atoms with Crippen molar-refractivity contribution < 1.29 is 4.74 Å². The number of nitrogens with zero attached hydrogens (tertiary/aromatic N) is 1. The summed E-state index contributed by atoms with van der Waals surface area (Å²) >= 11 is 0. The number of terminal acetylenes is 1. The molecule has 12 heavy (non-hydrogen) atoms. The number of hydrogen-bond acceptors (Lipinski definition) is 2. The monoisotopic (exact) mass is 167 g/mol. The van der Waals surface area contributed by atoms with Gasteiger partial charge in [-0.3, -0.25) is 4.90 Å². The molecule has 0 aromatic rings. The Hall–Kier alpha value is -0.520. The Morgan fingerprint density at radius 3 is 3.00 bits per heavy atom. The molecule has 0 amide bonds. The second-order valence-electron chi connectivity index (χ2n) is 3.34. The van der Waals surface area contributed by atoms with Gasteiger partial charge in [0.1, 0.15) is 0 Å². The predicted octanol–water partition coefficient (Wildman–Crippen LogP) is 1.12. The van der Waals surface area contributed by atoms with E-state index in [2.05, 4.69) is 24.7 Å². The highest BCUT2D eigenvalue weighted by atomic mass is 16.5. The van der Waals surface area contributed by atoms with E-state index < -0.39 is 0 Å². The minimum Gasteiger partial charge on any atom is -0.376 e. The zero-order valence-electron chi connectivity index (χ0n) is 7.92. The van der Waals surface area contributed by atoms with Crippen molar-refractivity contribution in [3.63, 3.8) is 0 Å². The van der Waals surface area contributed by atoms with Crippen LogP contribution in [0.5, 0.6) is 0 Å². The van der Waals surface area contributed by atoms with Crippen LogP contribution in [0.25, 0.3) is 0 Å². The van der Waals surface area contributed by atoms with Gasteiger partial charge < -0.3 is 4.74 Å². The summed E-state index contributed by atoms with van der Waals surface area (Å²) in [5.74, 6) is 2.69. The molecule has 0 aromatic heterocycles. The fourth-order valence-corrected chi connectivity index (χ4v) is 1.60. The maximum Gasteiger partial charge on any atom is 0.0675 e. The lowest BCUT2D eigenvalue weighted by molar-refractivity contribution is -0.0504. The summed E-state index contributed by atoms with van der Waals surface area (Å²) in [4.78, 5) is 2.33. The molecule has 68 valence electrons. The van der Waals surface area contributed by atoms with E-state index in [0.717, 1.165) is 26.1 Å². The molecule has 2 atom stereocenters. The lowest BCUT2D eigenvalue weighted by Gasteiger charge is -2.36. The molecule has 0 spiro atoms. The minimum atomic E-state index is 0.334. The maximum absolute atomic E-state index is 5.55. The highest BCUT2D eigenvalue weighted by Gasteiger charge is 2.24. The van der Waals surface area contributed by atoms with Crippen LogP contribution < -0.4 is 0 Å².